The zero-order chi connectivity index (χ0) is 17.5. The van der Waals surface area contributed by atoms with Crippen LogP contribution in [0.3, 0.4) is 0 Å². The average Bonchev–Trinajstić information content (AvgIpc) is 2.57. The molecule has 6 heteroatoms. The summed E-state index contributed by atoms with van der Waals surface area (Å²) in [5.41, 5.74) is -0.997. The number of Topliss-reactive ketones (excluding diaryl/α,β-unsaturated/α-hetero) is 1. The van der Waals surface area contributed by atoms with Crippen molar-refractivity contribution in [2.24, 2.45) is 0 Å². The molecule has 1 heterocycles. The molecule has 1 unspecified atom stereocenters. The summed E-state index contributed by atoms with van der Waals surface area (Å²) in [4.78, 5) is 12.8. The molecule has 2 aromatic carbocycles. The molecule has 24 heavy (non-hydrogen) atoms. The molecule has 0 bridgehead atoms. The van der Waals surface area contributed by atoms with E-state index >= 15 is 0 Å². The first-order chi connectivity index (χ1) is 11.4. The van der Waals surface area contributed by atoms with Crippen LogP contribution in [0.15, 0.2) is 30.3 Å². The van der Waals surface area contributed by atoms with Crippen LogP contribution in [0.1, 0.15) is 21.5 Å². The fourth-order valence-electron chi connectivity index (χ4n) is 2.77. The first-order valence-corrected chi connectivity index (χ1v) is 7.44. The maximum atomic E-state index is 12.8. The number of fused-ring (bicyclic) bond motifs is 1. The van der Waals surface area contributed by atoms with Crippen molar-refractivity contribution in [2.75, 3.05) is 13.7 Å². The highest BCUT2D eigenvalue weighted by molar-refractivity contribution is 6.08. The van der Waals surface area contributed by atoms with Crippen LogP contribution in [0, 0.1) is 6.92 Å². The molecule has 1 aliphatic heterocycles. The van der Waals surface area contributed by atoms with Crippen LogP contribution in [0.25, 0.3) is 0 Å². The second-order valence-corrected chi connectivity index (χ2v) is 5.92. The zero-order valence-electron chi connectivity index (χ0n) is 13.4. The van der Waals surface area contributed by atoms with Crippen LogP contribution in [-0.4, -0.2) is 40.4 Å². The minimum absolute atomic E-state index is 0.0363. The van der Waals surface area contributed by atoms with E-state index in [2.05, 4.69) is 0 Å². The Morgan fingerprint density at radius 3 is 2.54 bits per heavy atom. The van der Waals surface area contributed by atoms with Crippen molar-refractivity contribution in [1.82, 2.24) is 0 Å². The van der Waals surface area contributed by atoms with Crippen molar-refractivity contribution in [3.63, 3.8) is 0 Å². The van der Waals surface area contributed by atoms with Crippen LogP contribution >= 0.6 is 0 Å². The Bertz CT molecular complexity index is 796. The summed E-state index contributed by atoms with van der Waals surface area (Å²) in [5, 5.41) is 30.7. The molecular weight excluding hydrogens is 312 g/mol. The Morgan fingerprint density at radius 2 is 1.92 bits per heavy atom. The predicted molar refractivity (Wildman–Crippen MR) is 86.0 cm³/mol. The van der Waals surface area contributed by atoms with Gasteiger partial charge in [-0.25, -0.2) is 0 Å². The molecule has 0 aromatic heterocycles. The number of aliphatic hydroxyl groups is 1. The predicted octanol–water partition coefficient (Wildman–Crippen LogP) is 1.96. The van der Waals surface area contributed by atoms with Gasteiger partial charge in [0, 0.05) is 18.1 Å². The summed E-state index contributed by atoms with van der Waals surface area (Å²) in [6.45, 7) is 1.22. The van der Waals surface area contributed by atoms with Crippen LogP contribution in [0.2, 0.25) is 0 Å². The number of hydrogen-bond donors (Lipinski definition) is 3. The normalized spacial score (nSPS) is 19.5. The number of hydrogen-bond acceptors (Lipinski definition) is 6. The van der Waals surface area contributed by atoms with E-state index in [1.54, 1.807) is 31.4 Å². The van der Waals surface area contributed by atoms with Gasteiger partial charge in [0.2, 0.25) is 5.78 Å². The number of ketones is 1. The smallest absolute Gasteiger partial charge is 0.205 e. The Labute approximate surface area is 138 Å². The van der Waals surface area contributed by atoms with E-state index in [9.17, 15) is 20.1 Å². The Morgan fingerprint density at radius 1 is 1.25 bits per heavy atom. The lowest BCUT2D eigenvalue weighted by Gasteiger charge is -2.32. The van der Waals surface area contributed by atoms with Crippen molar-refractivity contribution >= 4 is 5.78 Å². The molecular formula is C18H18O6. The topological polar surface area (TPSA) is 96.2 Å². The number of methoxy groups -OCH3 is 1. The molecule has 0 amide bonds. The van der Waals surface area contributed by atoms with Crippen molar-refractivity contribution in [3.05, 3.63) is 47.0 Å². The standard InChI is InChI=1S/C18H18O6/c1-10-13(19)7-14-15(16(10)20)17(21)18(22,9-24-14)8-11-3-5-12(23-2)6-4-11/h3-7,19-20,22H,8-9H2,1-2H3. The number of carbonyl (C=O) groups excluding carboxylic acids is 1. The van der Waals surface area contributed by atoms with Crippen LogP contribution in [0.5, 0.6) is 23.0 Å². The summed E-state index contributed by atoms with van der Waals surface area (Å²) in [6, 6.07) is 8.25. The Hall–Kier alpha value is -2.73. The first-order valence-electron chi connectivity index (χ1n) is 7.44. The van der Waals surface area contributed by atoms with Crippen molar-refractivity contribution in [3.8, 4) is 23.0 Å². The highest BCUT2D eigenvalue weighted by atomic mass is 16.5. The van der Waals surface area contributed by atoms with E-state index in [1.807, 2.05) is 0 Å². The SMILES string of the molecule is COc1ccc(CC2(O)COc3cc(O)c(C)c(O)c3C2=O)cc1. The lowest BCUT2D eigenvalue weighted by atomic mass is 9.84. The molecule has 1 atom stereocenters. The van der Waals surface area contributed by atoms with E-state index in [-0.39, 0.29) is 41.4 Å². The average molecular weight is 330 g/mol. The fourth-order valence-corrected chi connectivity index (χ4v) is 2.77. The van der Waals surface area contributed by atoms with Gasteiger partial charge in [-0.2, -0.15) is 0 Å². The van der Waals surface area contributed by atoms with Gasteiger partial charge in [-0.1, -0.05) is 12.1 Å². The number of carbonyl (C=O) groups is 1. The second kappa shape index (κ2) is 5.72. The van der Waals surface area contributed by atoms with Gasteiger partial charge < -0.3 is 24.8 Å². The quantitative estimate of drug-likeness (QED) is 0.796. The minimum Gasteiger partial charge on any atom is -0.507 e. The van der Waals surface area contributed by atoms with E-state index < -0.39 is 11.4 Å². The second-order valence-electron chi connectivity index (χ2n) is 5.92. The first kappa shape index (κ1) is 16.1. The molecule has 1 aliphatic rings. The van der Waals surface area contributed by atoms with Crippen molar-refractivity contribution < 1.29 is 29.6 Å². The molecule has 3 rings (SSSR count). The number of benzene rings is 2. The summed E-state index contributed by atoms with van der Waals surface area (Å²) < 4.78 is 10.5. The zero-order valence-corrected chi connectivity index (χ0v) is 13.4. The molecule has 3 N–H and O–H groups in total. The summed E-state index contributed by atoms with van der Waals surface area (Å²) >= 11 is 0. The van der Waals surface area contributed by atoms with Gasteiger partial charge in [0.25, 0.3) is 0 Å². The number of ether oxygens (including phenoxy) is 2. The third kappa shape index (κ3) is 2.55. The fraction of sp³-hybridized carbons (Fsp3) is 0.278. The highest BCUT2D eigenvalue weighted by Crippen LogP contribution is 2.42. The Kier molecular flexibility index (Phi) is 3.85. The van der Waals surface area contributed by atoms with Gasteiger partial charge in [-0.3, -0.25) is 4.79 Å². The van der Waals surface area contributed by atoms with Gasteiger partial charge in [0.05, 0.1) is 7.11 Å². The minimum atomic E-state index is -1.79. The van der Waals surface area contributed by atoms with Gasteiger partial charge >= 0.3 is 0 Å². The van der Waals surface area contributed by atoms with Gasteiger partial charge in [-0.05, 0) is 24.6 Å². The van der Waals surface area contributed by atoms with Crippen molar-refractivity contribution in [1.29, 1.82) is 0 Å². The third-order valence-electron chi connectivity index (χ3n) is 4.26. The largest absolute Gasteiger partial charge is 0.507 e. The van der Waals surface area contributed by atoms with Gasteiger partial charge in [0.15, 0.2) is 5.60 Å². The molecule has 6 nitrogen and oxygen atoms in total. The maximum absolute atomic E-state index is 12.8. The van der Waals surface area contributed by atoms with Crippen LogP contribution < -0.4 is 9.47 Å². The van der Waals surface area contributed by atoms with Crippen LogP contribution in [0.4, 0.5) is 0 Å². The lowest BCUT2D eigenvalue weighted by Crippen LogP contribution is -2.49. The number of aromatic hydroxyl groups is 2. The molecule has 0 radical (unpaired) electrons. The van der Waals surface area contributed by atoms with E-state index in [1.165, 1.54) is 13.0 Å². The molecule has 0 fully saturated rings. The van der Waals surface area contributed by atoms with E-state index in [4.69, 9.17) is 9.47 Å². The molecule has 0 aliphatic carbocycles. The maximum Gasteiger partial charge on any atom is 0.205 e. The van der Waals surface area contributed by atoms with Crippen LogP contribution in [-0.2, 0) is 6.42 Å². The van der Waals surface area contributed by atoms with Gasteiger partial charge in [0.1, 0.15) is 35.2 Å². The summed E-state index contributed by atoms with van der Waals surface area (Å²) in [5.74, 6) is -0.422. The summed E-state index contributed by atoms with van der Waals surface area (Å²) in [6.07, 6.45) is 0.0363. The van der Waals surface area contributed by atoms with E-state index in [0.717, 1.165) is 5.56 Å². The number of phenols is 2. The van der Waals surface area contributed by atoms with E-state index in [0.29, 0.717) is 5.75 Å². The number of phenolic OH excluding ortho intramolecular Hbond substituents is 2. The molecule has 2 aromatic rings. The number of rotatable bonds is 3. The monoisotopic (exact) mass is 330 g/mol. The molecule has 0 saturated heterocycles. The lowest BCUT2D eigenvalue weighted by molar-refractivity contribution is -0.00242. The molecule has 0 saturated carbocycles. The molecule has 126 valence electrons. The Balaban J connectivity index is 1.95. The van der Waals surface area contributed by atoms with Crippen molar-refractivity contribution in [2.45, 2.75) is 18.9 Å². The highest BCUT2D eigenvalue weighted by Gasteiger charge is 2.44. The van der Waals surface area contributed by atoms with Gasteiger partial charge in [-0.15, -0.1) is 0 Å². The summed E-state index contributed by atoms with van der Waals surface area (Å²) in [7, 11) is 1.55. The molecule has 0 spiro atoms. The third-order valence-corrected chi connectivity index (χ3v) is 4.26.